The number of hydrogen-bond donors (Lipinski definition) is 2. The van der Waals surface area contributed by atoms with Crippen LogP contribution < -0.4 is 20.5 Å². The van der Waals surface area contributed by atoms with E-state index in [0.717, 1.165) is 25.9 Å². The molecule has 0 spiro atoms. The number of amides is 2. The summed E-state index contributed by atoms with van der Waals surface area (Å²) in [6.45, 7) is 2.25. The molecule has 132 valence electrons. The molecule has 7 nitrogen and oxygen atoms in total. The third-order valence-electron chi connectivity index (χ3n) is 4.33. The summed E-state index contributed by atoms with van der Waals surface area (Å²) in [4.78, 5) is 25.5. The number of likely N-dealkylation sites (tertiary alicyclic amines) is 1. The van der Waals surface area contributed by atoms with Crippen LogP contribution in [0.3, 0.4) is 0 Å². The van der Waals surface area contributed by atoms with E-state index in [1.807, 2.05) is 0 Å². The van der Waals surface area contributed by atoms with Crippen molar-refractivity contribution < 1.29 is 19.1 Å². The van der Waals surface area contributed by atoms with E-state index in [1.54, 1.807) is 32.4 Å². The SMILES string of the molecule is COc1ccc(OC)c(NC(=O)CCN2CCC(C(N)=O)CC2)c1. The summed E-state index contributed by atoms with van der Waals surface area (Å²) in [7, 11) is 3.13. The molecule has 0 saturated carbocycles. The number of nitrogens with zero attached hydrogens (tertiary/aromatic N) is 1. The third kappa shape index (κ3) is 4.86. The average molecular weight is 335 g/mol. The fourth-order valence-electron chi connectivity index (χ4n) is 2.83. The number of primary amides is 1. The molecule has 1 heterocycles. The quantitative estimate of drug-likeness (QED) is 0.782. The zero-order chi connectivity index (χ0) is 17.5. The molecule has 7 heteroatoms. The van der Waals surface area contributed by atoms with Crippen LogP contribution >= 0.6 is 0 Å². The maximum Gasteiger partial charge on any atom is 0.225 e. The Labute approximate surface area is 142 Å². The van der Waals surface area contributed by atoms with E-state index in [2.05, 4.69) is 10.2 Å². The van der Waals surface area contributed by atoms with Gasteiger partial charge in [-0.25, -0.2) is 0 Å². The predicted octanol–water partition coefficient (Wildman–Crippen LogP) is 1.23. The Morgan fingerprint density at radius 1 is 1.25 bits per heavy atom. The van der Waals surface area contributed by atoms with E-state index >= 15 is 0 Å². The fraction of sp³-hybridized carbons (Fsp3) is 0.529. The summed E-state index contributed by atoms with van der Waals surface area (Å²) >= 11 is 0. The molecule has 2 rings (SSSR count). The van der Waals surface area contributed by atoms with Gasteiger partial charge in [0.15, 0.2) is 0 Å². The number of carbonyl (C=O) groups excluding carboxylic acids is 2. The highest BCUT2D eigenvalue weighted by molar-refractivity contribution is 5.92. The molecule has 0 aromatic heterocycles. The highest BCUT2D eigenvalue weighted by Crippen LogP contribution is 2.29. The molecule has 0 radical (unpaired) electrons. The molecule has 2 amide bonds. The number of piperidine rings is 1. The van der Waals surface area contributed by atoms with E-state index in [0.29, 0.717) is 30.2 Å². The minimum atomic E-state index is -0.225. The molecule has 1 aliphatic heterocycles. The molecular formula is C17H25N3O4. The molecule has 1 aliphatic rings. The van der Waals surface area contributed by atoms with Crippen LogP contribution in [-0.4, -0.2) is 50.6 Å². The van der Waals surface area contributed by atoms with Gasteiger partial charge >= 0.3 is 0 Å². The number of benzene rings is 1. The first-order chi connectivity index (χ1) is 11.5. The molecule has 1 aromatic carbocycles. The van der Waals surface area contributed by atoms with E-state index in [-0.39, 0.29) is 17.7 Å². The highest BCUT2D eigenvalue weighted by Gasteiger charge is 2.23. The number of hydrogen-bond acceptors (Lipinski definition) is 5. The van der Waals surface area contributed by atoms with E-state index in [9.17, 15) is 9.59 Å². The lowest BCUT2D eigenvalue weighted by Gasteiger charge is -2.30. The Kier molecular flexibility index (Phi) is 6.43. The monoisotopic (exact) mass is 335 g/mol. The van der Waals surface area contributed by atoms with Gasteiger partial charge in [-0.1, -0.05) is 0 Å². The average Bonchev–Trinajstić information content (AvgIpc) is 2.60. The second-order valence-corrected chi connectivity index (χ2v) is 5.88. The first-order valence-corrected chi connectivity index (χ1v) is 8.07. The fourth-order valence-corrected chi connectivity index (χ4v) is 2.83. The van der Waals surface area contributed by atoms with Gasteiger partial charge in [0, 0.05) is 24.9 Å². The van der Waals surface area contributed by atoms with Crippen molar-refractivity contribution in [1.82, 2.24) is 4.90 Å². The number of methoxy groups -OCH3 is 2. The van der Waals surface area contributed by atoms with Crippen LogP contribution in [0.1, 0.15) is 19.3 Å². The highest BCUT2D eigenvalue weighted by atomic mass is 16.5. The molecule has 24 heavy (non-hydrogen) atoms. The number of nitrogens with one attached hydrogen (secondary N) is 1. The van der Waals surface area contributed by atoms with Gasteiger partial charge in [0.05, 0.1) is 19.9 Å². The van der Waals surface area contributed by atoms with Gasteiger partial charge in [0.2, 0.25) is 11.8 Å². The van der Waals surface area contributed by atoms with Gasteiger partial charge < -0.3 is 25.4 Å². The smallest absolute Gasteiger partial charge is 0.225 e. The van der Waals surface area contributed by atoms with E-state index in [1.165, 1.54) is 0 Å². The summed E-state index contributed by atoms with van der Waals surface area (Å²) in [5.41, 5.74) is 5.92. The Bertz CT molecular complexity index is 583. The van der Waals surface area contributed by atoms with Crippen LogP contribution in [0.4, 0.5) is 5.69 Å². The van der Waals surface area contributed by atoms with Crippen LogP contribution in [0.2, 0.25) is 0 Å². The normalized spacial score (nSPS) is 15.8. The summed E-state index contributed by atoms with van der Waals surface area (Å²) in [6, 6.07) is 5.26. The van der Waals surface area contributed by atoms with Crippen LogP contribution in [0.15, 0.2) is 18.2 Å². The second kappa shape index (κ2) is 8.54. The lowest BCUT2D eigenvalue weighted by atomic mass is 9.96. The van der Waals surface area contributed by atoms with Crippen molar-refractivity contribution in [2.75, 3.05) is 39.2 Å². The van der Waals surface area contributed by atoms with Crippen LogP contribution in [-0.2, 0) is 9.59 Å². The van der Waals surface area contributed by atoms with Crippen molar-refractivity contribution in [1.29, 1.82) is 0 Å². The second-order valence-electron chi connectivity index (χ2n) is 5.88. The Balaban J connectivity index is 1.83. The molecule has 0 atom stereocenters. The standard InChI is InChI=1S/C17H25N3O4/c1-23-13-3-4-15(24-2)14(11-13)19-16(21)7-10-20-8-5-12(6-9-20)17(18)22/h3-4,11-12H,5-10H2,1-2H3,(H2,18,22)(H,19,21). The first kappa shape index (κ1) is 18.1. The number of carbonyl (C=O) groups is 2. The number of ether oxygens (including phenoxy) is 2. The van der Waals surface area contributed by atoms with Crippen molar-refractivity contribution in [3.63, 3.8) is 0 Å². The van der Waals surface area contributed by atoms with Gasteiger partial charge in [-0.3, -0.25) is 9.59 Å². The van der Waals surface area contributed by atoms with Crippen molar-refractivity contribution >= 4 is 17.5 Å². The van der Waals surface area contributed by atoms with Crippen molar-refractivity contribution in [3.05, 3.63) is 18.2 Å². The molecule has 1 aromatic rings. The van der Waals surface area contributed by atoms with Gasteiger partial charge in [-0.15, -0.1) is 0 Å². The molecule has 1 fully saturated rings. The lowest BCUT2D eigenvalue weighted by Crippen LogP contribution is -2.39. The number of anilines is 1. The van der Waals surface area contributed by atoms with Gasteiger partial charge in [-0.05, 0) is 38.1 Å². The predicted molar refractivity (Wildman–Crippen MR) is 91.2 cm³/mol. The summed E-state index contributed by atoms with van der Waals surface area (Å²) < 4.78 is 10.4. The Morgan fingerprint density at radius 2 is 1.96 bits per heavy atom. The largest absolute Gasteiger partial charge is 0.497 e. The minimum Gasteiger partial charge on any atom is -0.497 e. The molecule has 1 saturated heterocycles. The summed E-state index contributed by atoms with van der Waals surface area (Å²) in [6.07, 6.45) is 1.91. The molecule has 0 bridgehead atoms. The summed E-state index contributed by atoms with van der Waals surface area (Å²) in [5.74, 6) is 0.901. The zero-order valence-corrected chi connectivity index (χ0v) is 14.2. The molecule has 0 unspecified atom stereocenters. The Morgan fingerprint density at radius 3 is 2.54 bits per heavy atom. The molecule has 0 aliphatic carbocycles. The van der Waals surface area contributed by atoms with E-state index < -0.39 is 0 Å². The Hall–Kier alpha value is -2.28. The maximum absolute atomic E-state index is 12.2. The van der Waals surface area contributed by atoms with Gasteiger partial charge in [0.1, 0.15) is 11.5 Å². The zero-order valence-electron chi connectivity index (χ0n) is 14.2. The van der Waals surface area contributed by atoms with Crippen LogP contribution in [0, 0.1) is 5.92 Å². The van der Waals surface area contributed by atoms with Gasteiger partial charge in [0.25, 0.3) is 0 Å². The first-order valence-electron chi connectivity index (χ1n) is 8.07. The van der Waals surface area contributed by atoms with Gasteiger partial charge in [-0.2, -0.15) is 0 Å². The van der Waals surface area contributed by atoms with Crippen LogP contribution in [0.5, 0.6) is 11.5 Å². The van der Waals surface area contributed by atoms with Crippen molar-refractivity contribution in [2.45, 2.75) is 19.3 Å². The van der Waals surface area contributed by atoms with Crippen molar-refractivity contribution in [2.24, 2.45) is 11.7 Å². The molecular weight excluding hydrogens is 310 g/mol. The van der Waals surface area contributed by atoms with Crippen molar-refractivity contribution in [3.8, 4) is 11.5 Å². The maximum atomic E-state index is 12.2. The van der Waals surface area contributed by atoms with Crippen LogP contribution in [0.25, 0.3) is 0 Å². The third-order valence-corrected chi connectivity index (χ3v) is 4.33. The molecule has 3 N–H and O–H groups in total. The summed E-state index contributed by atoms with van der Waals surface area (Å²) in [5, 5.41) is 2.86. The lowest BCUT2D eigenvalue weighted by molar-refractivity contribution is -0.123. The number of nitrogens with two attached hydrogens (primary N) is 1. The van der Waals surface area contributed by atoms with E-state index in [4.69, 9.17) is 15.2 Å². The number of rotatable bonds is 7. The topological polar surface area (TPSA) is 93.9 Å². The minimum absolute atomic E-state index is 0.0314.